The molecule has 1 aliphatic heterocycles. The summed E-state index contributed by atoms with van der Waals surface area (Å²) in [7, 11) is 0. The number of aryl methyl sites for hydroxylation is 2. The van der Waals surface area contributed by atoms with Crippen LogP contribution in [0.1, 0.15) is 41.0 Å². The van der Waals surface area contributed by atoms with Gasteiger partial charge >= 0.3 is 0 Å². The highest BCUT2D eigenvalue weighted by atomic mass is 32.2. The summed E-state index contributed by atoms with van der Waals surface area (Å²) in [5, 5.41) is 1.87. The molecule has 132 valence electrons. The summed E-state index contributed by atoms with van der Waals surface area (Å²) in [6.45, 7) is 0. The molecule has 0 radical (unpaired) electrons. The van der Waals surface area contributed by atoms with Crippen LogP contribution < -0.4 is 10.1 Å². The lowest BCUT2D eigenvalue weighted by molar-refractivity contribution is -0.119. The fourth-order valence-electron chi connectivity index (χ4n) is 4.45. The van der Waals surface area contributed by atoms with Gasteiger partial charge in [-0.25, -0.2) is 0 Å². The van der Waals surface area contributed by atoms with Gasteiger partial charge in [-0.1, -0.05) is 30.0 Å². The first kappa shape index (κ1) is 15.9. The van der Waals surface area contributed by atoms with E-state index in [-0.39, 0.29) is 22.3 Å². The zero-order valence-electron chi connectivity index (χ0n) is 14.3. The van der Waals surface area contributed by atoms with Gasteiger partial charge in [-0.2, -0.15) is 0 Å². The first-order chi connectivity index (χ1) is 12.7. The Kier molecular flexibility index (Phi) is 3.78. The van der Waals surface area contributed by atoms with Crippen molar-refractivity contribution in [1.29, 1.82) is 0 Å². The molecule has 5 heteroatoms. The lowest BCUT2D eigenvalue weighted by atomic mass is 9.97. The zero-order chi connectivity index (χ0) is 17.7. The second kappa shape index (κ2) is 6.16. The fourth-order valence-corrected chi connectivity index (χ4v) is 5.45. The Balaban J connectivity index is 1.40. The van der Waals surface area contributed by atoms with E-state index in [1.165, 1.54) is 28.7 Å². The minimum atomic E-state index is -0.298. The Morgan fingerprint density at radius 2 is 1.96 bits per heavy atom. The van der Waals surface area contributed by atoms with Crippen molar-refractivity contribution in [2.24, 2.45) is 0 Å². The number of nitrogens with one attached hydrogen (secondary N) is 1. The summed E-state index contributed by atoms with van der Waals surface area (Å²) in [4.78, 5) is 23.5. The van der Waals surface area contributed by atoms with E-state index < -0.39 is 0 Å². The van der Waals surface area contributed by atoms with E-state index in [0.717, 1.165) is 48.9 Å². The van der Waals surface area contributed by atoms with Crippen LogP contribution in [0.15, 0.2) is 36.4 Å². The second-order valence-corrected chi connectivity index (χ2v) is 8.28. The van der Waals surface area contributed by atoms with Gasteiger partial charge < -0.3 is 4.74 Å². The number of benzene rings is 2. The molecule has 1 fully saturated rings. The maximum absolute atomic E-state index is 12.0. The van der Waals surface area contributed by atoms with Crippen LogP contribution in [0.4, 0.5) is 4.79 Å². The van der Waals surface area contributed by atoms with Crippen molar-refractivity contribution in [3.05, 3.63) is 58.7 Å². The van der Waals surface area contributed by atoms with Crippen molar-refractivity contribution >= 4 is 22.9 Å². The third-order valence-electron chi connectivity index (χ3n) is 5.65. The topological polar surface area (TPSA) is 55.4 Å². The Bertz CT molecular complexity index is 923. The van der Waals surface area contributed by atoms with Crippen molar-refractivity contribution in [2.45, 2.75) is 43.3 Å². The van der Waals surface area contributed by atoms with Gasteiger partial charge in [-0.05, 0) is 72.6 Å². The molecule has 0 bridgehead atoms. The molecule has 4 nitrogen and oxygen atoms in total. The summed E-state index contributed by atoms with van der Waals surface area (Å²) in [6.07, 6.45) is 5.24. The molecule has 2 atom stereocenters. The van der Waals surface area contributed by atoms with Gasteiger partial charge in [-0.3, -0.25) is 14.9 Å². The van der Waals surface area contributed by atoms with E-state index in [2.05, 4.69) is 29.6 Å². The van der Waals surface area contributed by atoms with Gasteiger partial charge in [0.15, 0.2) is 0 Å². The van der Waals surface area contributed by atoms with E-state index in [1.54, 1.807) is 0 Å². The number of carbonyl (C=O) groups excluding carboxylic acids is 2. The van der Waals surface area contributed by atoms with Crippen LogP contribution in [0.2, 0.25) is 0 Å². The summed E-state index contributed by atoms with van der Waals surface area (Å²) < 4.78 is 6.21. The van der Waals surface area contributed by atoms with E-state index in [4.69, 9.17) is 4.74 Å². The molecule has 26 heavy (non-hydrogen) atoms. The standard InChI is InChI=1S/C21H19NO3S/c23-20-19(26-21(24)22-20)17-9-7-13-11-14(8-10-15(13)17)25-18-6-2-4-12-3-1-5-16(12)18/h2,4,6,8,10-11,17,19H,1,3,5,7,9H2,(H,22,23,24)/t17-,19?/m1/s1. The van der Waals surface area contributed by atoms with E-state index in [9.17, 15) is 9.59 Å². The normalized spacial score (nSPS) is 23.7. The third kappa shape index (κ3) is 2.62. The zero-order valence-corrected chi connectivity index (χ0v) is 15.1. The average Bonchev–Trinajstić information content (AvgIpc) is 3.33. The van der Waals surface area contributed by atoms with Crippen LogP contribution in [-0.2, 0) is 24.1 Å². The molecule has 1 heterocycles. The molecule has 0 saturated carbocycles. The van der Waals surface area contributed by atoms with Crippen LogP contribution >= 0.6 is 11.8 Å². The summed E-state index contributed by atoms with van der Waals surface area (Å²) in [5.74, 6) is 1.77. The first-order valence-electron chi connectivity index (χ1n) is 9.12. The predicted octanol–water partition coefficient (Wildman–Crippen LogP) is 4.35. The number of amides is 2. The quantitative estimate of drug-likeness (QED) is 0.879. The number of thioether (sulfide) groups is 1. The minimum Gasteiger partial charge on any atom is -0.457 e. The summed E-state index contributed by atoms with van der Waals surface area (Å²) >= 11 is 1.12. The van der Waals surface area contributed by atoms with Crippen LogP contribution in [0.3, 0.4) is 0 Å². The molecule has 5 rings (SSSR count). The summed E-state index contributed by atoms with van der Waals surface area (Å²) in [6, 6.07) is 12.5. The maximum atomic E-state index is 12.0. The number of rotatable bonds is 3. The molecule has 2 aliphatic carbocycles. The molecule has 0 aromatic heterocycles. The van der Waals surface area contributed by atoms with Crippen LogP contribution in [0.5, 0.6) is 11.5 Å². The summed E-state index contributed by atoms with van der Waals surface area (Å²) in [5.41, 5.74) is 5.15. The molecule has 1 saturated heterocycles. The number of carbonyl (C=O) groups is 2. The highest BCUT2D eigenvalue weighted by Crippen LogP contribution is 2.44. The Labute approximate surface area is 156 Å². The molecular weight excluding hydrogens is 346 g/mol. The van der Waals surface area contributed by atoms with Crippen molar-refractivity contribution in [3.8, 4) is 11.5 Å². The van der Waals surface area contributed by atoms with Crippen molar-refractivity contribution in [2.75, 3.05) is 0 Å². The van der Waals surface area contributed by atoms with E-state index in [1.807, 2.05) is 12.1 Å². The lowest BCUT2D eigenvalue weighted by Gasteiger charge is -2.16. The third-order valence-corrected chi connectivity index (χ3v) is 6.77. The second-order valence-electron chi connectivity index (χ2n) is 7.17. The maximum Gasteiger partial charge on any atom is 0.286 e. The predicted molar refractivity (Wildman–Crippen MR) is 101 cm³/mol. The van der Waals surface area contributed by atoms with Gasteiger partial charge in [0, 0.05) is 5.92 Å². The average molecular weight is 365 g/mol. The van der Waals surface area contributed by atoms with Crippen LogP contribution in [0, 0.1) is 0 Å². The SMILES string of the molecule is O=C1NC(=O)C([C@@H]2CCc3cc(Oc4cccc5c4CCC5)ccc32)S1. The monoisotopic (exact) mass is 365 g/mol. The van der Waals surface area contributed by atoms with Gasteiger partial charge in [0.25, 0.3) is 5.24 Å². The molecule has 1 N–H and O–H groups in total. The molecular formula is C21H19NO3S. The van der Waals surface area contributed by atoms with Crippen molar-refractivity contribution in [3.63, 3.8) is 0 Å². The minimum absolute atomic E-state index is 0.108. The van der Waals surface area contributed by atoms with Crippen molar-refractivity contribution < 1.29 is 14.3 Å². The number of fused-ring (bicyclic) bond motifs is 2. The Morgan fingerprint density at radius 3 is 2.81 bits per heavy atom. The van der Waals surface area contributed by atoms with Crippen LogP contribution in [0.25, 0.3) is 0 Å². The molecule has 0 spiro atoms. The number of imide groups is 1. The number of hydrogen-bond donors (Lipinski definition) is 1. The van der Waals surface area contributed by atoms with E-state index in [0.29, 0.717) is 0 Å². The fraction of sp³-hybridized carbons (Fsp3) is 0.333. The Hall–Kier alpha value is -2.27. The van der Waals surface area contributed by atoms with E-state index >= 15 is 0 Å². The van der Waals surface area contributed by atoms with Crippen LogP contribution in [-0.4, -0.2) is 16.4 Å². The largest absolute Gasteiger partial charge is 0.457 e. The molecule has 2 amide bonds. The van der Waals surface area contributed by atoms with Crippen molar-refractivity contribution in [1.82, 2.24) is 5.32 Å². The lowest BCUT2D eigenvalue weighted by Crippen LogP contribution is -2.27. The molecule has 2 aromatic carbocycles. The number of ether oxygens (including phenoxy) is 1. The first-order valence-corrected chi connectivity index (χ1v) is 10.00. The molecule has 3 aliphatic rings. The molecule has 1 unspecified atom stereocenters. The van der Waals surface area contributed by atoms with Gasteiger partial charge in [0.2, 0.25) is 5.91 Å². The number of hydrogen-bond acceptors (Lipinski definition) is 4. The van der Waals surface area contributed by atoms with Gasteiger partial charge in [0.1, 0.15) is 16.7 Å². The van der Waals surface area contributed by atoms with Gasteiger partial charge in [-0.15, -0.1) is 0 Å². The highest BCUT2D eigenvalue weighted by Gasteiger charge is 2.41. The highest BCUT2D eigenvalue weighted by molar-refractivity contribution is 8.15. The smallest absolute Gasteiger partial charge is 0.286 e. The molecule has 2 aromatic rings. The van der Waals surface area contributed by atoms with Gasteiger partial charge in [0.05, 0.1) is 0 Å². The Morgan fingerprint density at radius 1 is 1.04 bits per heavy atom.